The van der Waals surface area contributed by atoms with Crippen LogP contribution in [0.4, 0.5) is 10.2 Å². The molecule has 9 heteroatoms. The van der Waals surface area contributed by atoms with Gasteiger partial charge in [0.1, 0.15) is 5.82 Å². The zero-order valence-corrected chi connectivity index (χ0v) is 15.0. The number of aromatic nitrogens is 5. The van der Waals surface area contributed by atoms with Crippen molar-refractivity contribution in [3.8, 4) is 11.4 Å². The SMILES string of the molecule is CNc1ncc(-c2nc3cccc(F)n3n2)c2cc(C3(C(N)=O)CC3)ncc12. The molecule has 0 saturated heterocycles. The molecule has 0 unspecified atom stereocenters. The summed E-state index contributed by atoms with van der Waals surface area (Å²) < 4.78 is 15.2. The van der Waals surface area contributed by atoms with Crippen LogP contribution in [0.3, 0.4) is 0 Å². The topological polar surface area (TPSA) is 111 Å². The lowest BCUT2D eigenvalue weighted by Gasteiger charge is -2.13. The smallest absolute Gasteiger partial charge is 0.229 e. The molecule has 0 radical (unpaired) electrons. The second-order valence-corrected chi connectivity index (χ2v) is 6.89. The van der Waals surface area contributed by atoms with Gasteiger partial charge in [-0.2, -0.15) is 8.91 Å². The standard InChI is InChI=1S/C19H16FN7O/c1-22-16-11-8-23-13(19(5-6-19)18(21)28)7-10(11)12(9-24-16)17-25-15-4-2-3-14(20)27(15)26-17/h2-4,7-9H,5-6H2,1H3,(H2,21,28)(H,22,24). The van der Waals surface area contributed by atoms with Gasteiger partial charge in [-0.25, -0.2) is 9.97 Å². The zero-order valence-electron chi connectivity index (χ0n) is 15.0. The molecule has 4 aromatic rings. The van der Waals surface area contributed by atoms with Crippen LogP contribution in [-0.2, 0) is 10.2 Å². The zero-order chi connectivity index (χ0) is 19.5. The van der Waals surface area contributed by atoms with Crippen LogP contribution in [0.15, 0.2) is 36.7 Å². The number of nitrogens with one attached hydrogen (secondary N) is 1. The van der Waals surface area contributed by atoms with Gasteiger partial charge in [0, 0.05) is 35.8 Å². The van der Waals surface area contributed by atoms with Crippen molar-refractivity contribution in [2.75, 3.05) is 12.4 Å². The summed E-state index contributed by atoms with van der Waals surface area (Å²) in [6, 6.07) is 6.41. The van der Waals surface area contributed by atoms with Gasteiger partial charge < -0.3 is 11.1 Å². The highest BCUT2D eigenvalue weighted by molar-refractivity contribution is 6.01. The number of anilines is 1. The van der Waals surface area contributed by atoms with Crippen molar-refractivity contribution in [1.29, 1.82) is 0 Å². The molecule has 1 fully saturated rings. The summed E-state index contributed by atoms with van der Waals surface area (Å²) in [5, 5.41) is 8.85. The first-order valence-electron chi connectivity index (χ1n) is 8.82. The van der Waals surface area contributed by atoms with Crippen molar-refractivity contribution in [3.05, 3.63) is 48.3 Å². The van der Waals surface area contributed by atoms with Gasteiger partial charge >= 0.3 is 0 Å². The quantitative estimate of drug-likeness (QED) is 0.527. The summed E-state index contributed by atoms with van der Waals surface area (Å²) in [6.07, 6.45) is 4.66. The van der Waals surface area contributed by atoms with Gasteiger partial charge in [0.2, 0.25) is 11.9 Å². The third-order valence-electron chi connectivity index (χ3n) is 5.28. The minimum Gasteiger partial charge on any atom is -0.373 e. The minimum atomic E-state index is -0.715. The van der Waals surface area contributed by atoms with Gasteiger partial charge in [0.05, 0.1) is 11.1 Å². The van der Waals surface area contributed by atoms with Gasteiger partial charge in [-0.1, -0.05) is 6.07 Å². The molecule has 8 nitrogen and oxygen atoms in total. The first-order valence-corrected chi connectivity index (χ1v) is 8.82. The van der Waals surface area contributed by atoms with E-state index in [1.54, 1.807) is 31.6 Å². The number of nitrogens with zero attached hydrogens (tertiary/aromatic N) is 5. The molecule has 0 bridgehead atoms. The fraction of sp³-hybridized carbons (Fsp3) is 0.211. The molecular weight excluding hydrogens is 361 g/mol. The highest BCUT2D eigenvalue weighted by Gasteiger charge is 2.51. The lowest BCUT2D eigenvalue weighted by atomic mass is 9.97. The first kappa shape index (κ1) is 16.5. The van der Waals surface area contributed by atoms with E-state index < -0.39 is 11.4 Å². The molecule has 0 atom stereocenters. The van der Waals surface area contributed by atoms with Gasteiger partial charge in [-0.3, -0.25) is 9.78 Å². The van der Waals surface area contributed by atoms with Crippen LogP contribution < -0.4 is 11.1 Å². The molecule has 1 aliphatic rings. The normalized spacial score (nSPS) is 15.1. The summed E-state index contributed by atoms with van der Waals surface area (Å²) in [7, 11) is 1.76. The van der Waals surface area contributed by atoms with Crippen molar-refractivity contribution in [1.82, 2.24) is 24.6 Å². The molecule has 1 saturated carbocycles. The summed E-state index contributed by atoms with van der Waals surface area (Å²) in [5.41, 5.74) is 6.54. The second-order valence-electron chi connectivity index (χ2n) is 6.89. The van der Waals surface area contributed by atoms with Crippen LogP contribution >= 0.6 is 0 Å². The van der Waals surface area contributed by atoms with Crippen LogP contribution in [0.2, 0.25) is 0 Å². The Balaban J connectivity index is 1.78. The number of carbonyl (C=O) groups excluding carboxylic acids is 1. The molecule has 140 valence electrons. The van der Waals surface area contributed by atoms with E-state index in [4.69, 9.17) is 5.73 Å². The van der Waals surface area contributed by atoms with Gasteiger partial charge in [-0.05, 0) is 31.0 Å². The average molecular weight is 377 g/mol. The summed E-state index contributed by atoms with van der Waals surface area (Å²) in [5.74, 6) is 0.0908. The van der Waals surface area contributed by atoms with Gasteiger partial charge in [0.25, 0.3) is 0 Å². The van der Waals surface area contributed by atoms with Crippen LogP contribution in [-0.4, -0.2) is 37.5 Å². The number of hydrogen-bond acceptors (Lipinski definition) is 6. The molecule has 4 heterocycles. The number of nitrogens with two attached hydrogens (primary N) is 1. The molecular formula is C19H16FN7O. The van der Waals surface area contributed by atoms with E-state index in [1.165, 1.54) is 6.07 Å². The third kappa shape index (κ3) is 2.25. The Morgan fingerprint density at radius 1 is 1.25 bits per heavy atom. The fourth-order valence-electron chi connectivity index (χ4n) is 3.52. The monoisotopic (exact) mass is 377 g/mol. The molecule has 3 N–H and O–H groups in total. The Labute approximate surface area is 158 Å². The Kier molecular flexibility index (Phi) is 3.36. The Morgan fingerprint density at radius 2 is 2.07 bits per heavy atom. The number of carbonyl (C=O) groups is 1. The molecule has 0 aromatic carbocycles. The summed E-state index contributed by atoms with van der Waals surface area (Å²) >= 11 is 0. The van der Waals surface area contributed by atoms with Gasteiger partial charge in [0.15, 0.2) is 11.5 Å². The molecule has 28 heavy (non-hydrogen) atoms. The van der Waals surface area contributed by atoms with Crippen LogP contribution in [0.1, 0.15) is 18.5 Å². The fourth-order valence-corrected chi connectivity index (χ4v) is 3.52. The molecule has 1 aliphatic carbocycles. The molecule has 5 rings (SSSR count). The molecule has 1 amide bonds. The summed E-state index contributed by atoms with van der Waals surface area (Å²) in [4.78, 5) is 25.3. The number of fused-ring (bicyclic) bond motifs is 2. The Bertz CT molecular complexity index is 1260. The number of hydrogen-bond donors (Lipinski definition) is 2. The van der Waals surface area contributed by atoms with Crippen LogP contribution in [0.5, 0.6) is 0 Å². The predicted octanol–water partition coefficient (Wildman–Crippen LogP) is 2.04. The summed E-state index contributed by atoms with van der Waals surface area (Å²) in [6.45, 7) is 0. The first-order chi connectivity index (χ1) is 13.5. The minimum absolute atomic E-state index is 0.339. The van der Waals surface area contributed by atoms with Crippen molar-refractivity contribution < 1.29 is 9.18 Å². The Hall–Kier alpha value is -3.62. The van der Waals surface area contributed by atoms with E-state index >= 15 is 0 Å². The number of halogens is 1. The number of amides is 1. The largest absolute Gasteiger partial charge is 0.373 e. The van der Waals surface area contributed by atoms with E-state index in [-0.39, 0.29) is 5.91 Å². The highest BCUT2D eigenvalue weighted by Crippen LogP contribution is 2.48. The average Bonchev–Trinajstić information content (AvgIpc) is 3.40. The lowest BCUT2D eigenvalue weighted by molar-refractivity contribution is -0.120. The van der Waals surface area contributed by atoms with Crippen molar-refractivity contribution >= 4 is 28.1 Å². The Morgan fingerprint density at radius 3 is 2.75 bits per heavy atom. The van der Waals surface area contributed by atoms with Crippen molar-refractivity contribution in [2.45, 2.75) is 18.3 Å². The maximum absolute atomic E-state index is 14.0. The third-order valence-corrected chi connectivity index (χ3v) is 5.28. The van der Waals surface area contributed by atoms with E-state index in [9.17, 15) is 9.18 Å². The number of primary amides is 1. The van der Waals surface area contributed by atoms with E-state index in [0.717, 1.165) is 15.3 Å². The second kappa shape index (κ2) is 5.69. The van der Waals surface area contributed by atoms with E-state index in [2.05, 4.69) is 25.4 Å². The predicted molar refractivity (Wildman–Crippen MR) is 101 cm³/mol. The molecule has 0 spiro atoms. The highest BCUT2D eigenvalue weighted by atomic mass is 19.1. The number of pyridine rings is 3. The maximum atomic E-state index is 14.0. The van der Waals surface area contributed by atoms with Gasteiger partial charge in [-0.15, -0.1) is 5.10 Å². The molecule has 0 aliphatic heterocycles. The molecule has 4 aromatic heterocycles. The van der Waals surface area contributed by atoms with Crippen LogP contribution in [0.25, 0.3) is 27.8 Å². The van der Waals surface area contributed by atoms with Crippen LogP contribution in [0, 0.1) is 5.95 Å². The van der Waals surface area contributed by atoms with E-state index in [1.807, 2.05) is 6.07 Å². The lowest BCUT2D eigenvalue weighted by Crippen LogP contribution is -2.29. The number of rotatable bonds is 4. The van der Waals surface area contributed by atoms with Crippen molar-refractivity contribution in [2.24, 2.45) is 5.73 Å². The van der Waals surface area contributed by atoms with Crippen molar-refractivity contribution in [3.63, 3.8) is 0 Å². The maximum Gasteiger partial charge on any atom is 0.229 e. The van der Waals surface area contributed by atoms with E-state index in [0.29, 0.717) is 41.4 Å².